The number of phenolic OH excluding ortho intramolecular Hbond substituents is 1. The molecule has 3 aromatic carbocycles. The van der Waals surface area contributed by atoms with Gasteiger partial charge in [0.2, 0.25) is 5.88 Å². The molecule has 1 aliphatic heterocycles. The summed E-state index contributed by atoms with van der Waals surface area (Å²) in [5.41, 5.74) is 0.702. The third-order valence-electron chi connectivity index (χ3n) is 4.75. The summed E-state index contributed by atoms with van der Waals surface area (Å²) in [7, 11) is 0. The number of benzene rings is 3. The van der Waals surface area contributed by atoms with E-state index in [1.54, 1.807) is 18.2 Å². The molecule has 8 heteroatoms. The van der Waals surface area contributed by atoms with Crippen LogP contribution in [0.5, 0.6) is 23.1 Å². The van der Waals surface area contributed by atoms with Crippen molar-refractivity contribution in [2.75, 3.05) is 13.2 Å². The fraction of sp³-hybridized carbons (Fsp3) is 0.0952. The summed E-state index contributed by atoms with van der Waals surface area (Å²) < 4.78 is 11.1. The number of carbonyl (C=O) groups is 1. The van der Waals surface area contributed by atoms with E-state index in [0.717, 1.165) is 10.8 Å². The first-order chi connectivity index (χ1) is 14.1. The average molecular weight is 389 g/mol. The number of hydrogen-bond acceptors (Lipinski definition) is 6. The Labute approximate surface area is 164 Å². The number of amides is 1. The maximum atomic E-state index is 12.5. The number of azo groups is 1. The van der Waals surface area contributed by atoms with Gasteiger partial charge < -0.3 is 24.7 Å². The highest BCUT2D eigenvalue weighted by Gasteiger charge is 2.19. The molecule has 3 N–H and O–H groups in total. The summed E-state index contributed by atoms with van der Waals surface area (Å²) in [5.74, 6) is -0.0556. The van der Waals surface area contributed by atoms with Crippen LogP contribution in [0.15, 0.2) is 58.8 Å². The number of fused-ring (bicyclic) bond motifs is 3. The third-order valence-corrected chi connectivity index (χ3v) is 4.75. The molecule has 1 amide bonds. The van der Waals surface area contributed by atoms with Crippen LogP contribution >= 0.6 is 0 Å². The molecular formula is C21H15N3O5. The fourth-order valence-corrected chi connectivity index (χ4v) is 3.35. The molecule has 0 radical (unpaired) electrons. The van der Waals surface area contributed by atoms with Crippen molar-refractivity contribution in [2.45, 2.75) is 0 Å². The minimum Gasteiger partial charge on any atom is -0.507 e. The minimum absolute atomic E-state index is 0.0286. The molecule has 0 fully saturated rings. The molecule has 2 heterocycles. The molecule has 4 aromatic rings. The molecule has 0 saturated carbocycles. The van der Waals surface area contributed by atoms with E-state index < -0.39 is 5.91 Å². The zero-order valence-electron chi connectivity index (χ0n) is 15.0. The zero-order chi connectivity index (χ0) is 20.0. The lowest BCUT2D eigenvalue weighted by Gasteiger charge is -2.17. The number of rotatable bonds is 2. The van der Waals surface area contributed by atoms with Crippen LogP contribution in [-0.4, -0.2) is 34.3 Å². The Morgan fingerprint density at radius 1 is 0.966 bits per heavy atom. The van der Waals surface area contributed by atoms with E-state index in [9.17, 15) is 15.0 Å². The maximum Gasteiger partial charge on any atom is 0.299 e. The average Bonchev–Trinajstić information content (AvgIpc) is 3.03. The number of phenols is 1. The van der Waals surface area contributed by atoms with Crippen LogP contribution in [0.25, 0.3) is 21.7 Å². The number of nitrogens with zero attached hydrogens (tertiary/aromatic N) is 2. The van der Waals surface area contributed by atoms with Crippen LogP contribution < -0.4 is 9.47 Å². The predicted octanol–water partition coefficient (Wildman–Crippen LogP) is 4.43. The van der Waals surface area contributed by atoms with Crippen molar-refractivity contribution in [1.82, 2.24) is 4.98 Å². The van der Waals surface area contributed by atoms with Gasteiger partial charge in [-0.1, -0.05) is 24.3 Å². The number of ether oxygens (including phenoxy) is 2. The van der Waals surface area contributed by atoms with Crippen LogP contribution in [0, 0.1) is 0 Å². The number of aromatic hydroxyl groups is 2. The van der Waals surface area contributed by atoms with Gasteiger partial charge in [0.25, 0.3) is 5.91 Å². The van der Waals surface area contributed by atoms with Gasteiger partial charge in [0, 0.05) is 11.5 Å². The summed E-state index contributed by atoms with van der Waals surface area (Å²) in [6.45, 7) is 0.868. The number of aromatic nitrogens is 1. The molecule has 144 valence electrons. The predicted molar refractivity (Wildman–Crippen MR) is 105 cm³/mol. The molecule has 0 atom stereocenters. The molecule has 0 saturated heterocycles. The van der Waals surface area contributed by atoms with Crippen molar-refractivity contribution in [3.05, 3.63) is 54.1 Å². The smallest absolute Gasteiger partial charge is 0.299 e. The standard InChI is InChI=1S/C21H15N3O5/c25-16-8-12-4-2-1-3-11(12)7-14(16)20(26)24-23-19-13-9-17-18(29-6-5-28-17)10-15(13)22-21(19)27/h1-4,7-10,22,25,27H,5-6H2. The number of nitrogens with one attached hydrogen (secondary N) is 1. The fourth-order valence-electron chi connectivity index (χ4n) is 3.35. The van der Waals surface area contributed by atoms with Gasteiger partial charge in [-0.2, -0.15) is 0 Å². The molecule has 1 aliphatic rings. The number of carbonyl (C=O) groups excluding carboxylic acids is 1. The van der Waals surface area contributed by atoms with Crippen LogP contribution in [0.1, 0.15) is 10.4 Å². The van der Waals surface area contributed by atoms with Crippen molar-refractivity contribution < 1.29 is 24.5 Å². The number of hydrogen-bond donors (Lipinski definition) is 3. The highest BCUT2D eigenvalue weighted by atomic mass is 16.6. The second kappa shape index (κ2) is 6.52. The normalized spacial score (nSPS) is 13.4. The van der Waals surface area contributed by atoms with Gasteiger partial charge in [-0.3, -0.25) is 4.79 Å². The van der Waals surface area contributed by atoms with E-state index in [1.165, 1.54) is 6.07 Å². The molecule has 0 unspecified atom stereocenters. The number of H-pyrrole nitrogens is 1. The van der Waals surface area contributed by atoms with Crippen molar-refractivity contribution in [2.24, 2.45) is 10.2 Å². The van der Waals surface area contributed by atoms with E-state index in [0.29, 0.717) is 35.6 Å². The van der Waals surface area contributed by atoms with Crippen LogP contribution in [0.3, 0.4) is 0 Å². The summed E-state index contributed by atoms with van der Waals surface area (Å²) in [6.07, 6.45) is 0. The first kappa shape index (κ1) is 17.1. The van der Waals surface area contributed by atoms with Crippen LogP contribution in [0.2, 0.25) is 0 Å². The maximum absolute atomic E-state index is 12.5. The molecule has 0 bridgehead atoms. The van der Waals surface area contributed by atoms with Gasteiger partial charge in [0.05, 0.1) is 11.1 Å². The van der Waals surface area contributed by atoms with Gasteiger partial charge in [-0.25, -0.2) is 0 Å². The Morgan fingerprint density at radius 2 is 1.66 bits per heavy atom. The first-order valence-corrected chi connectivity index (χ1v) is 8.92. The van der Waals surface area contributed by atoms with Crippen molar-refractivity contribution in [3.63, 3.8) is 0 Å². The quantitative estimate of drug-likeness (QED) is 0.439. The Hall–Kier alpha value is -4.07. The summed E-state index contributed by atoms with van der Waals surface area (Å²) in [6, 6.07) is 13.8. The first-order valence-electron chi connectivity index (χ1n) is 8.92. The van der Waals surface area contributed by atoms with E-state index in [2.05, 4.69) is 15.2 Å². The third kappa shape index (κ3) is 2.91. The second-order valence-corrected chi connectivity index (χ2v) is 6.59. The van der Waals surface area contributed by atoms with Crippen LogP contribution in [0.4, 0.5) is 5.69 Å². The van der Waals surface area contributed by atoms with Gasteiger partial charge in [-0.05, 0) is 29.0 Å². The Bertz CT molecular complexity index is 1310. The monoisotopic (exact) mass is 389 g/mol. The molecular weight excluding hydrogens is 374 g/mol. The lowest BCUT2D eigenvalue weighted by Crippen LogP contribution is -2.15. The van der Waals surface area contributed by atoms with Gasteiger partial charge in [-0.15, -0.1) is 10.2 Å². The SMILES string of the molecule is O=C(N=Nc1c(O)[nH]c2cc3c(cc12)OCCO3)c1cc2ccccc2cc1O. The molecule has 1 aromatic heterocycles. The lowest BCUT2D eigenvalue weighted by atomic mass is 10.1. The van der Waals surface area contributed by atoms with Crippen molar-refractivity contribution in [1.29, 1.82) is 0 Å². The van der Waals surface area contributed by atoms with E-state index in [-0.39, 0.29) is 22.9 Å². The van der Waals surface area contributed by atoms with E-state index >= 15 is 0 Å². The molecule has 0 aliphatic carbocycles. The number of aromatic amines is 1. The molecule has 0 spiro atoms. The van der Waals surface area contributed by atoms with Gasteiger partial charge >= 0.3 is 0 Å². The summed E-state index contributed by atoms with van der Waals surface area (Å²) in [5, 5.41) is 30.2. The largest absolute Gasteiger partial charge is 0.507 e. The van der Waals surface area contributed by atoms with Crippen molar-refractivity contribution >= 4 is 33.3 Å². The molecule has 8 nitrogen and oxygen atoms in total. The van der Waals surface area contributed by atoms with E-state index in [4.69, 9.17) is 9.47 Å². The summed E-state index contributed by atoms with van der Waals surface area (Å²) in [4.78, 5) is 15.3. The Balaban J connectivity index is 1.53. The highest BCUT2D eigenvalue weighted by molar-refractivity contribution is 6.02. The zero-order valence-corrected chi connectivity index (χ0v) is 15.0. The van der Waals surface area contributed by atoms with Crippen LogP contribution in [-0.2, 0) is 0 Å². The topological polar surface area (TPSA) is 117 Å². The van der Waals surface area contributed by atoms with E-state index in [1.807, 2.05) is 24.3 Å². The lowest BCUT2D eigenvalue weighted by molar-refractivity contribution is 0.0992. The second-order valence-electron chi connectivity index (χ2n) is 6.59. The van der Waals surface area contributed by atoms with Crippen molar-refractivity contribution in [3.8, 4) is 23.1 Å². The Morgan fingerprint density at radius 3 is 2.41 bits per heavy atom. The Kier molecular flexibility index (Phi) is 3.83. The highest BCUT2D eigenvalue weighted by Crippen LogP contribution is 2.42. The molecule has 29 heavy (non-hydrogen) atoms. The van der Waals surface area contributed by atoms with Gasteiger partial charge in [0.1, 0.15) is 19.0 Å². The minimum atomic E-state index is -0.723. The molecule has 5 rings (SSSR count). The summed E-state index contributed by atoms with van der Waals surface area (Å²) >= 11 is 0. The van der Waals surface area contributed by atoms with Gasteiger partial charge in [0.15, 0.2) is 17.2 Å².